The maximum atomic E-state index is 12.7. The highest BCUT2D eigenvalue weighted by Crippen LogP contribution is 2.49. The molecule has 0 saturated carbocycles. The van der Waals surface area contributed by atoms with Crippen molar-refractivity contribution in [1.82, 2.24) is 0 Å². The van der Waals surface area contributed by atoms with Crippen LogP contribution in [-0.4, -0.2) is 35.5 Å². The Balaban J connectivity index is 1.53. The number of carbonyl (C=O) groups is 3. The number of phenolic OH excluding ortho intramolecular Hbond substituents is 1. The molecule has 2 aliphatic carbocycles. The third-order valence-electron chi connectivity index (χ3n) is 6.27. The summed E-state index contributed by atoms with van der Waals surface area (Å²) in [7, 11) is 0. The zero-order chi connectivity index (χ0) is 21.6. The minimum atomic E-state index is -0.499. The lowest BCUT2D eigenvalue weighted by Gasteiger charge is -2.27. The predicted molar refractivity (Wildman–Crippen MR) is 108 cm³/mol. The molecule has 1 fully saturated rings. The molecule has 0 aromatic heterocycles. The quantitative estimate of drug-likeness (QED) is 0.608. The average molecular weight is 408 g/mol. The number of allylic oxidation sites excluding steroid dienone is 2. The fourth-order valence-corrected chi connectivity index (χ4v) is 4.92. The van der Waals surface area contributed by atoms with Crippen molar-refractivity contribution in [2.75, 3.05) is 6.61 Å². The zero-order valence-corrected chi connectivity index (χ0v) is 17.0. The summed E-state index contributed by atoms with van der Waals surface area (Å²) in [5.41, 5.74) is 3.46. The number of ketones is 1. The number of aromatic hydroxyl groups is 1. The first-order valence-corrected chi connectivity index (χ1v) is 10.0. The topological polar surface area (TPSA) is 89.9 Å². The summed E-state index contributed by atoms with van der Waals surface area (Å²) in [6.45, 7) is 7.87. The van der Waals surface area contributed by atoms with Crippen LogP contribution in [0.25, 0.3) is 0 Å². The van der Waals surface area contributed by atoms with Crippen LogP contribution in [0, 0.1) is 17.8 Å². The van der Waals surface area contributed by atoms with Crippen molar-refractivity contribution in [3.05, 3.63) is 64.8 Å². The molecule has 4 atom stereocenters. The van der Waals surface area contributed by atoms with Gasteiger partial charge in [0.2, 0.25) is 0 Å². The van der Waals surface area contributed by atoms with Crippen LogP contribution in [0.2, 0.25) is 0 Å². The van der Waals surface area contributed by atoms with Gasteiger partial charge < -0.3 is 14.6 Å². The number of hydrogen-bond donors (Lipinski definition) is 1. The van der Waals surface area contributed by atoms with Crippen LogP contribution in [0.15, 0.2) is 59.2 Å². The second kappa shape index (κ2) is 7.59. The molecule has 0 radical (unpaired) electrons. The second-order valence-corrected chi connectivity index (χ2v) is 8.36. The molecule has 6 heteroatoms. The van der Waals surface area contributed by atoms with Crippen LogP contribution in [-0.2, 0) is 30.3 Å². The Kier molecular flexibility index (Phi) is 5.10. The summed E-state index contributed by atoms with van der Waals surface area (Å²) in [6, 6.07) is 6.32. The summed E-state index contributed by atoms with van der Waals surface area (Å²) in [6.07, 6.45) is 1.76. The lowest BCUT2D eigenvalue weighted by atomic mass is 9.79. The largest absolute Gasteiger partial charge is 0.508 e. The van der Waals surface area contributed by atoms with Crippen molar-refractivity contribution in [1.29, 1.82) is 0 Å². The second-order valence-electron chi connectivity index (χ2n) is 8.36. The first-order chi connectivity index (χ1) is 14.3. The van der Waals surface area contributed by atoms with Gasteiger partial charge >= 0.3 is 11.9 Å². The third-order valence-corrected chi connectivity index (χ3v) is 6.27. The first-order valence-electron chi connectivity index (χ1n) is 10.0. The fourth-order valence-electron chi connectivity index (χ4n) is 4.92. The molecule has 1 N–H and O–H groups in total. The first kappa shape index (κ1) is 20.1. The van der Waals surface area contributed by atoms with Crippen molar-refractivity contribution in [2.45, 2.75) is 32.8 Å². The van der Waals surface area contributed by atoms with Gasteiger partial charge in [-0.25, -0.2) is 4.79 Å². The van der Waals surface area contributed by atoms with Crippen LogP contribution in [0.4, 0.5) is 0 Å². The summed E-state index contributed by atoms with van der Waals surface area (Å²) >= 11 is 0. The van der Waals surface area contributed by atoms with Gasteiger partial charge in [-0.3, -0.25) is 9.59 Å². The van der Waals surface area contributed by atoms with Crippen molar-refractivity contribution in [2.24, 2.45) is 17.8 Å². The van der Waals surface area contributed by atoms with Gasteiger partial charge in [0.15, 0.2) is 5.78 Å². The van der Waals surface area contributed by atoms with E-state index in [-0.39, 0.29) is 36.4 Å². The molecule has 1 aromatic carbocycles. The average Bonchev–Trinajstić information content (AvgIpc) is 3.14. The molecule has 30 heavy (non-hydrogen) atoms. The maximum Gasteiger partial charge on any atom is 0.334 e. The standard InChI is InChI=1S/C24H24O6/c1-12-8-13(2)21-18(26)10-16(22(21)23-20(12)14(3)24(28)30-23)11-29-19(27)9-15-4-6-17(25)7-5-15/h4-7,10,12,20,22-23,25H,3,8-9,11H2,1-2H3. The van der Waals surface area contributed by atoms with E-state index in [1.54, 1.807) is 12.1 Å². The van der Waals surface area contributed by atoms with Gasteiger partial charge in [-0.1, -0.05) is 31.2 Å². The molecule has 0 amide bonds. The third kappa shape index (κ3) is 3.47. The Hall–Kier alpha value is -3.15. The van der Waals surface area contributed by atoms with Gasteiger partial charge in [0, 0.05) is 17.1 Å². The van der Waals surface area contributed by atoms with Crippen molar-refractivity contribution in [3.8, 4) is 5.75 Å². The Morgan fingerprint density at radius 2 is 1.97 bits per heavy atom. The number of carbonyl (C=O) groups excluding carboxylic acids is 3. The Labute approximate surface area is 174 Å². The van der Waals surface area contributed by atoms with Gasteiger partial charge in [0.05, 0.1) is 12.3 Å². The molecule has 1 saturated heterocycles. The van der Waals surface area contributed by atoms with Crippen LogP contribution in [0.1, 0.15) is 25.8 Å². The number of phenols is 1. The minimum absolute atomic E-state index is 0.0360. The summed E-state index contributed by atoms with van der Waals surface area (Å²) in [5, 5.41) is 9.35. The lowest BCUT2D eigenvalue weighted by molar-refractivity contribution is -0.143. The van der Waals surface area contributed by atoms with E-state index in [4.69, 9.17) is 9.47 Å². The van der Waals surface area contributed by atoms with Gasteiger partial charge in [-0.05, 0) is 48.6 Å². The smallest absolute Gasteiger partial charge is 0.334 e. The summed E-state index contributed by atoms with van der Waals surface area (Å²) in [5.74, 6) is -1.29. The van der Waals surface area contributed by atoms with Gasteiger partial charge in [-0.15, -0.1) is 0 Å². The molecule has 1 aliphatic heterocycles. The highest BCUT2D eigenvalue weighted by molar-refractivity contribution is 6.09. The number of ether oxygens (including phenoxy) is 2. The van der Waals surface area contributed by atoms with E-state index >= 15 is 0 Å². The van der Waals surface area contributed by atoms with E-state index in [1.807, 2.05) is 13.8 Å². The molecule has 1 aromatic rings. The molecule has 156 valence electrons. The summed E-state index contributed by atoms with van der Waals surface area (Å²) in [4.78, 5) is 37.3. The van der Waals surface area contributed by atoms with E-state index < -0.39 is 24.0 Å². The Morgan fingerprint density at radius 3 is 2.67 bits per heavy atom. The molecule has 3 aliphatic rings. The number of rotatable bonds is 4. The van der Waals surface area contributed by atoms with E-state index in [1.165, 1.54) is 18.2 Å². The highest BCUT2D eigenvalue weighted by Gasteiger charge is 2.52. The molecule has 0 bridgehead atoms. The van der Waals surface area contributed by atoms with Crippen LogP contribution in [0.5, 0.6) is 5.75 Å². The minimum Gasteiger partial charge on any atom is -0.508 e. The fraction of sp³-hybridized carbons (Fsp3) is 0.375. The van der Waals surface area contributed by atoms with E-state index in [0.29, 0.717) is 23.1 Å². The summed E-state index contributed by atoms with van der Waals surface area (Å²) < 4.78 is 11.1. The van der Waals surface area contributed by atoms with Crippen molar-refractivity contribution < 1.29 is 29.0 Å². The monoisotopic (exact) mass is 408 g/mol. The zero-order valence-electron chi connectivity index (χ0n) is 17.0. The van der Waals surface area contributed by atoms with Gasteiger partial charge in [0.1, 0.15) is 18.5 Å². The van der Waals surface area contributed by atoms with E-state index in [9.17, 15) is 19.5 Å². The maximum absolute atomic E-state index is 12.7. The lowest BCUT2D eigenvalue weighted by Crippen LogP contribution is -2.31. The van der Waals surface area contributed by atoms with Crippen molar-refractivity contribution in [3.63, 3.8) is 0 Å². The molecule has 0 spiro atoms. The molecular formula is C24H24O6. The van der Waals surface area contributed by atoms with E-state index in [0.717, 1.165) is 11.1 Å². The highest BCUT2D eigenvalue weighted by atomic mass is 16.6. The number of fused-ring (bicyclic) bond motifs is 3. The normalized spacial score (nSPS) is 27.9. The molecule has 1 heterocycles. The van der Waals surface area contributed by atoms with Crippen LogP contribution >= 0.6 is 0 Å². The molecule has 4 rings (SSSR count). The predicted octanol–water partition coefficient (Wildman–Crippen LogP) is 3.06. The van der Waals surface area contributed by atoms with Gasteiger partial charge in [0.25, 0.3) is 0 Å². The number of esters is 2. The Bertz CT molecular complexity index is 997. The van der Waals surface area contributed by atoms with Crippen LogP contribution in [0.3, 0.4) is 0 Å². The molecular weight excluding hydrogens is 384 g/mol. The van der Waals surface area contributed by atoms with Crippen molar-refractivity contribution >= 4 is 17.7 Å². The van der Waals surface area contributed by atoms with Gasteiger partial charge in [-0.2, -0.15) is 0 Å². The Morgan fingerprint density at radius 1 is 1.27 bits per heavy atom. The number of hydrogen-bond acceptors (Lipinski definition) is 6. The van der Waals surface area contributed by atoms with Crippen LogP contribution < -0.4 is 0 Å². The number of benzene rings is 1. The SMILES string of the molecule is C=C1C(=O)OC2C3C(COC(=O)Cc4ccc(O)cc4)=CC(=O)C3=C(C)CC(C)C12. The molecule has 4 unspecified atom stereocenters. The molecule has 6 nitrogen and oxygen atoms in total. The van der Waals surface area contributed by atoms with E-state index in [2.05, 4.69) is 6.58 Å².